The van der Waals surface area contributed by atoms with Crippen molar-refractivity contribution in [2.45, 2.75) is 26.4 Å². The number of ether oxygens (including phenoxy) is 3. The van der Waals surface area contributed by atoms with Crippen LogP contribution in [-0.2, 0) is 6.54 Å². The molecule has 0 saturated heterocycles. The van der Waals surface area contributed by atoms with E-state index in [9.17, 15) is 0 Å². The third kappa shape index (κ3) is 4.00. The fraction of sp³-hybridized carbons (Fsp3) is 0.320. The first kappa shape index (κ1) is 22.0. The Labute approximate surface area is 194 Å². The van der Waals surface area contributed by atoms with E-state index in [0.29, 0.717) is 22.4 Å². The molecular formula is C25H29N3O3S. The van der Waals surface area contributed by atoms with Gasteiger partial charge in [-0.15, -0.1) is 0 Å². The first-order valence-electron chi connectivity index (χ1n) is 10.6. The van der Waals surface area contributed by atoms with E-state index >= 15 is 0 Å². The second-order valence-electron chi connectivity index (χ2n) is 7.93. The quantitative estimate of drug-likeness (QED) is 0.555. The zero-order valence-corrected chi connectivity index (χ0v) is 20.0. The van der Waals surface area contributed by atoms with Gasteiger partial charge in [0, 0.05) is 30.7 Å². The van der Waals surface area contributed by atoms with E-state index in [4.69, 9.17) is 26.4 Å². The van der Waals surface area contributed by atoms with Crippen LogP contribution in [0.1, 0.15) is 28.4 Å². The molecule has 2 heterocycles. The van der Waals surface area contributed by atoms with Gasteiger partial charge in [0.2, 0.25) is 5.75 Å². The number of nitrogens with one attached hydrogen (secondary N) is 1. The summed E-state index contributed by atoms with van der Waals surface area (Å²) < 4.78 is 19.0. The number of aromatic nitrogens is 1. The Hall–Kier alpha value is -3.19. The molecule has 0 bridgehead atoms. The van der Waals surface area contributed by atoms with Crippen molar-refractivity contribution in [3.8, 4) is 17.2 Å². The van der Waals surface area contributed by atoms with E-state index in [1.54, 1.807) is 21.3 Å². The van der Waals surface area contributed by atoms with Crippen molar-refractivity contribution in [2.75, 3.05) is 33.2 Å². The topological polar surface area (TPSA) is 47.9 Å². The van der Waals surface area contributed by atoms with Gasteiger partial charge in [-0.2, -0.15) is 0 Å². The third-order valence-corrected chi connectivity index (χ3v) is 6.26. The van der Waals surface area contributed by atoms with Gasteiger partial charge in [0.15, 0.2) is 16.6 Å². The fourth-order valence-corrected chi connectivity index (χ4v) is 4.66. The summed E-state index contributed by atoms with van der Waals surface area (Å²) in [7, 11) is 4.88. The van der Waals surface area contributed by atoms with Crippen LogP contribution in [0.5, 0.6) is 17.2 Å². The molecule has 2 aromatic carbocycles. The monoisotopic (exact) mass is 451 g/mol. The second-order valence-corrected chi connectivity index (χ2v) is 8.32. The van der Waals surface area contributed by atoms with Gasteiger partial charge in [-0.1, -0.05) is 17.7 Å². The van der Waals surface area contributed by atoms with E-state index < -0.39 is 0 Å². The highest BCUT2D eigenvalue weighted by molar-refractivity contribution is 7.80. The summed E-state index contributed by atoms with van der Waals surface area (Å²) in [4.78, 5) is 2.23. The van der Waals surface area contributed by atoms with Crippen molar-refractivity contribution in [3.63, 3.8) is 0 Å². The first-order valence-corrected chi connectivity index (χ1v) is 11.0. The number of methoxy groups -OCH3 is 3. The van der Waals surface area contributed by atoms with Crippen molar-refractivity contribution in [3.05, 3.63) is 71.0 Å². The van der Waals surface area contributed by atoms with Crippen LogP contribution in [0.25, 0.3) is 0 Å². The van der Waals surface area contributed by atoms with Crippen LogP contribution < -0.4 is 19.5 Å². The summed E-state index contributed by atoms with van der Waals surface area (Å²) in [5.41, 5.74) is 5.59. The standard InChI is InChI=1S/C25H29N3O3S/c1-16-8-9-19(17(2)13-16)26-25(32)28-12-11-27-10-6-7-20(27)23(28)18-14-21(29-3)24(31-5)22(15-18)30-4/h6-10,13-15,23H,11-12H2,1-5H3,(H,26,32). The lowest BCUT2D eigenvalue weighted by Crippen LogP contribution is -2.44. The van der Waals surface area contributed by atoms with Crippen molar-refractivity contribution in [2.24, 2.45) is 0 Å². The van der Waals surface area contributed by atoms with Crippen LogP contribution in [-0.4, -0.2) is 42.5 Å². The molecular weight excluding hydrogens is 422 g/mol. The predicted molar refractivity (Wildman–Crippen MR) is 131 cm³/mol. The number of hydrogen-bond acceptors (Lipinski definition) is 4. The molecule has 0 aliphatic carbocycles. The number of anilines is 1. The molecule has 0 fully saturated rings. The van der Waals surface area contributed by atoms with Crippen LogP contribution in [0.4, 0.5) is 5.69 Å². The summed E-state index contributed by atoms with van der Waals surface area (Å²) in [5.74, 6) is 1.82. The Morgan fingerprint density at radius 1 is 0.969 bits per heavy atom. The maximum atomic E-state index is 5.92. The maximum Gasteiger partial charge on any atom is 0.203 e. The van der Waals surface area contributed by atoms with Gasteiger partial charge >= 0.3 is 0 Å². The average molecular weight is 452 g/mol. The van der Waals surface area contributed by atoms with Gasteiger partial charge in [-0.3, -0.25) is 0 Å². The van der Waals surface area contributed by atoms with E-state index in [1.165, 1.54) is 5.56 Å². The Bertz CT molecular complexity index is 1120. The van der Waals surface area contributed by atoms with Gasteiger partial charge in [0.1, 0.15) is 0 Å². The molecule has 0 radical (unpaired) electrons. The zero-order valence-electron chi connectivity index (χ0n) is 19.1. The van der Waals surface area contributed by atoms with Crippen LogP contribution in [0.3, 0.4) is 0 Å². The molecule has 0 amide bonds. The number of fused-ring (bicyclic) bond motifs is 1. The summed E-state index contributed by atoms with van der Waals surface area (Å²) in [6, 6.07) is 14.4. The third-order valence-electron chi connectivity index (χ3n) is 5.93. The van der Waals surface area contributed by atoms with E-state index in [0.717, 1.165) is 35.6 Å². The van der Waals surface area contributed by atoms with Gasteiger partial charge < -0.3 is 29.0 Å². The molecule has 1 atom stereocenters. The van der Waals surface area contributed by atoms with Crippen molar-refractivity contribution in [1.29, 1.82) is 0 Å². The maximum absolute atomic E-state index is 5.92. The van der Waals surface area contributed by atoms with Crippen LogP contribution >= 0.6 is 12.2 Å². The summed E-state index contributed by atoms with van der Waals surface area (Å²) in [5, 5.41) is 4.15. The molecule has 4 rings (SSSR count). The van der Waals surface area contributed by atoms with E-state index in [-0.39, 0.29) is 6.04 Å². The number of nitrogens with zero attached hydrogens (tertiary/aromatic N) is 2. The number of benzene rings is 2. The predicted octanol–water partition coefficient (Wildman–Crippen LogP) is 4.93. The molecule has 7 heteroatoms. The van der Waals surface area contributed by atoms with Gasteiger partial charge in [0.05, 0.1) is 27.4 Å². The van der Waals surface area contributed by atoms with Gasteiger partial charge in [0.25, 0.3) is 0 Å². The molecule has 1 aromatic heterocycles. The lowest BCUT2D eigenvalue weighted by atomic mass is 9.99. The normalized spacial score (nSPS) is 15.2. The largest absolute Gasteiger partial charge is 0.493 e. The summed E-state index contributed by atoms with van der Waals surface area (Å²) in [6.07, 6.45) is 2.11. The van der Waals surface area contributed by atoms with Crippen molar-refractivity contribution >= 4 is 23.0 Å². The highest BCUT2D eigenvalue weighted by Crippen LogP contribution is 2.43. The smallest absolute Gasteiger partial charge is 0.203 e. The minimum absolute atomic E-state index is 0.0989. The lowest BCUT2D eigenvalue weighted by Gasteiger charge is -2.39. The second kappa shape index (κ2) is 9.12. The zero-order chi connectivity index (χ0) is 22.8. The first-order chi connectivity index (χ1) is 15.5. The molecule has 1 unspecified atom stereocenters. The Balaban J connectivity index is 1.76. The molecule has 1 aliphatic heterocycles. The van der Waals surface area contributed by atoms with Crippen molar-refractivity contribution < 1.29 is 14.2 Å². The van der Waals surface area contributed by atoms with Crippen LogP contribution in [0.15, 0.2) is 48.7 Å². The fourth-order valence-electron chi connectivity index (χ4n) is 4.35. The molecule has 1 aliphatic rings. The Morgan fingerprint density at radius 2 is 1.69 bits per heavy atom. The molecule has 32 heavy (non-hydrogen) atoms. The molecule has 1 N–H and O–H groups in total. The highest BCUT2D eigenvalue weighted by atomic mass is 32.1. The molecule has 3 aromatic rings. The summed E-state index contributed by atoms with van der Waals surface area (Å²) >= 11 is 5.92. The molecule has 6 nitrogen and oxygen atoms in total. The number of thiocarbonyl (C=S) groups is 1. The molecule has 0 spiro atoms. The van der Waals surface area contributed by atoms with Crippen LogP contribution in [0.2, 0.25) is 0 Å². The minimum atomic E-state index is -0.0989. The van der Waals surface area contributed by atoms with Gasteiger partial charge in [-0.25, -0.2) is 0 Å². The lowest BCUT2D eigenvalue weighted by molar-refractivity contribution is 0.288. The van der Waals surface area contributed by atoms with E-state index in [1.807, 2.05) is 12.1 Å². The minimum Gasteiger partial charge on any atom is -0.493 e. The number of hydrogen-bond donors (Lipinski definition) is 1. The van der Waals surface area contributed by atoms with E-state index in [2.05, 4.69) is 65.2 Å². The Kier molecular flexibility index (Phi) is 6.28. The molecule has 0 saturated carbocycles. The SMILES string of the molecule is COc1cc(C2c3cccn3CCN2C(=S)Nc2ccc(C)cc2C)cc(OC)c1OC. The van der Waals surface area contributed by atoms with Crippen molar-refractivity contribution in [1.82, 2.24) is 9.47 Å². The highest BCUT2D eigenvalue weighted by Gasteiger charge is 2.32. The number of aryl methyl sites for hydroxylation is 2. The van der Waals surface area contributed by atoms with Gasteiger partial charge in [-0.05, 0) is 67.5 Å². The molecule has 168 valence electrons. The van der Waals surface area contributed by atoms with Crippen LogP contribution in [0, 0.1) is 13.8 Å². The number of rotatable bonds is 5. The summed E-state index contributed by atoms with van der Waals surface area (Å²) in [6.45, 7) is 5.82. The Morgan fingerprint density at radius 3 is 2.31 bits per heavy atom. The average Bonchev–Trinajstić information content (AvgIpc) is 3.28.